The minimum atomic E-state index is -5.06. The van der Waals surface area contributed by atoms with Crippen LogP contribution in [0.3, 0.4) is 0 Å². The number of halogens is 13. The van der Waals surface area contributed by atoms with Crippen LogP contribution in [0.25, 0.3) is 0 Å². The summed E-state index contributed by atoms with van der Waals surface area (Å²) in [4.78, 5) is 43.3. The average molecular weight is 1200 g/mol. The Morgan fingerprint density at radius 3 is 0.880 bits per heavy atom. The van der Waals surface area contributed by atoms with Crippen LogP contribution in [0.5, 0.6) is 0 Å². The molecule has 75 heavy (non-hydrogen) atoms. The van der Waals surface area contributed by atoms with Crippen molar-refractivity contribution in [1.29, 1.82) is 0 Å². The van der Waals surface area contributed by atoms with E-state index < -0.39 is 119 Å². The van der Waals surface area contributed by atoms with Gasteiger partial charge in [-0.05, 0) is 108 Å². The molecule has 0 aromatic rings. The molecule has 0 saturated carbocycles. The number of carbonyl (C=O) groups is 4. The quantitative estimate of drug-likeness (QED) is 0.0732. The second-order valence-electron chi connectivity index (χ2n) is 18.7. The summed E-state index contributed by atoms with van der Waals surface area (Å²) in [7, 11) is -11.8. The molecule has 0 N–H and O–H groups in total. The highest BCUT2D eigenvalue weighted by molar-refractivity contribution is 7.92. The molecule has 33 heteroatoms. The van der Waals surface area contributed by atoms with Crippen LogP contribution in [-0.2, 0) is 77.5 Å². The first kappa shape index (κ1) is 69.8. The van der Waals surface area contributed by atoms with E-state index in [4.69, 9.17) is 4.74 Å². The SMILES string of the molecule is CC(F)(F)CC(=O)OCCC1CCS(=O)(=O)CC1.O=C(CC(F)(F)CC(F)(F)F)OCCC1CCS(=O)(=O)CC1.O=C(CC(F)(F)F)OCCC1CCS(=O)(=O)CC1.O=C(OCCC1CCS(=O)(=O)CC1)C(F)(F)F. The lowest BCUT2D eigenvalue weighted by atomic mass is 10.00. The Labute approximate surface area is 426 Å². The lowest BCUT2D eigenvalue weighted by Gasteiger charge is -2.22. The number of esters is 4. The lowest BCUT2D eigenvalue weighted by Crippen LogP contribution is -2.29. The molecule has 4 rings (SSSR count). The second kappa shape index (κ2) is 30.2. The predicted octanol–water partition coefficient (Wildman–Crippen LogP) is 7.52. The number of carbonyl (C=O) groups excluding carboxylic acids is 4. The van der Waals surface area contributed by atoms with E-state index in [2.05, 4.69) is 14.2 Å². The van der Waals surface area contributed by atoms with Gasteiger partial charge in [0.25, 0.3) is 11.8 Å². The Hall–Kier alpha value is -3.23. The first-order valence-electron chi connectivity index (χ1n) is 23.4. The van der Waals surface area contributed by atoms with E-state index in [1.807, 2.05) is 0 Å². The van der Waals surface area contributed by atoms with E-state index in [0.29, 0.717) is 77.6 Å². The third-order valence-electron chi connectivity index (χ3n) is 11.7. The highest BCUT2D eigenvalue weighted by Gasteiger charge is 2.45. The van der Waals surface area contributed by atoms with Gasteiger partial charge in [0.2, 0.25) is 0 Å². The van der Waals surface area contributed by atoms with E-state index in [-0.39, 0.29) is 103 Å². The van der Waals surface area contributed by atoms with Crippen LogP contribution in [0.2, 0.25) is 0 Å². The van der Waals surface area contributed by atoms with Crippen molar-refractivity contribution < 1.29 is 129 Å². The molecule has 4 heterocycles. The molecule has 16 nitrogen and oxygen atoms in total. The number of sulfone groups is 4. The van der Waals surface area contributed by atoms with Crippen LogP contribution in [0, 0.1) is 23.7 Å². The molecule has 0 radical (unpaired) electrons. The molecule has 4 fully saturated rings. The number of ether oxygens (including phenoxy) is 4. The van der Waals surface area contributed by atoms with Crippen molar-refractivity contribution >= 4 is 63.2 Å². The van der Waals surface area contributed by atoms with Crippen molar-refractivity contribution in [3.05, 3.63) is 0 Å². The molecular weight excluding hydrogens is 1140 g/mol. The van der Waals surface area contributed by atoms with Crippen molar-refractivity contribution in [2.75, 3.05) is 72.5 Å². The van der Waals surface area contributed by atoms with Gasteiger partial charge in [-0.2, -0.15) is 39.5 Å². The van der Waals surface area contributed by atoms with Crippen LogP contribution in [-0.4, -0.2) is 160 Å². The summed E-state index contributed by atoms with van der Waals surface area (Å²) in [5.41, 5.74) is 0. The zero-order valence-corrected chi connectivity index (χ0v) is 44.0. The summed E-state index contributed by atoms with van der Waals surface area (Å²) in [5, 5.41) is 0. The molecule has 0 amide bonds. The number of rotatable bonds is 18. The van der Waals surface area contributed by atoms with Crippen LogP contribution in [0.4, 0.5) is 57.1 Å². The predicted molar refractivity (Wildman–Crippen MR) is 240 cm³/mol. The first-order chi connectivity index (χ1) is 34.0. The lowest BCUT2D eigenvalue weighted by molar-refractivity contribution is -0.200. The molecule has 0 aromatic carbocycles. The maximum absolute atomic E-state index is 12.9. The topological polar surface area (TPSA) is 242 Å². The Kier molecular flexibility index (Phi) is 28.1. The summed E-state index contributed by atoms with van der Waals surface area (Å²) < 4.78 is 264. The number of hydrogen-bond acceptors (Lipinski definition) is 16. The Balaban J connectivity index is 0.000000502. The molecule has 442 valence electrons. The maximum atomic E-state index is 12.9. The van der Waals surface area contributed by atoms with Crippen molar-refractivity contribution in [2.45, 2.75) is 140 Å². The van der Waals surface area contributed by atoms with Gasteiger partial charge in [0, 0.05) is 0 Å². The van der Waals surface area contributed by atoms with Gasteiger partial charge in [-0.25, -0.2) is 56.0 Å². The zero-order chi connectivity index (χ0) is 57.7. The van der Waals surface area contributed by atoms with Gasteiger partial charge in [-0.3, -0.25) is 14.4 Å². The van der Waals surface area contributed by atoms with Crippen molar-refractivity contribution in [3.63, 3.8) is 0 Å². The summed E-state index contributed by atoms with van der Waals surface area (Å²) in [5.74, 6) is -12.0. The molecule has 0 aromatic heterocycles. The van der Waals surface area contributed by atoms with Gasteiger partial charge in [-0.1, -0.05) is 0 Å². The fourth-order valence-corrected chi connectivity index (χ4v) is 13.8. The summed E-state index contributed by atoms with van der Waals surface area (Å²) in [6.07, 6.45) is -15.8. The van der Waals surface area contributed by atoms with Crippen molar-refractivity contribution in [2.24, 2.45) is 23.7 Å². The van der Waals surface area contributed by atoms with Crippen LogP contribution in [0.15, 0.2) is 0 Å². The van der Waals surface area contributed by atoms with Gasteiger partial charge in [0.1, 0.15) is 65.0 Å². The van der Waals surface area contributed by atoms with Gasteiger partial charge in [-0.15, -0.1) is 0 Å². The molecule has 4 aliphatic rings. The van der Waals surface area contributed by atoms with Gasteiger partial charge in [0.15, 0.2) is 0 Å². The third-order valence-corrected chi connectivity index (χ3v) is 18.6. The summed E-state index contributed by atoms with van der Waals surface area (Å²) >= 11 is 0. The van der Waals surface area contributed by atoms with E-state index in [9.17, 15) is 110 Å². The van der Waals surface area contributed by atoms with Crippen LogP contribution >= 0.6 is 0 Å². The largest absolute Gasteiger partial charge is 0.490 e. The van der Waals surface area contributed by atoms with E-state index in [1.165, 1.54) is 0 Å². The Bertz CT molecular complexity index is 2130. The Morgan fingerprint density at radius 2 is 0.640 bits per heavy atom. The molecule has 0 unspecified atom stereocenters. The fourth-order valence-electron chi connectivity index (χ4n) is 7.47. The normalized spacial score (nSPS) is 20.5. The molecule has 4 saturated heterocycles. The van der Waals surface area contributed by atoms with Crippen molar-refractivity contribution in [1.82, 2.24) is 0 Å². The summed E-state index contributed by atoms with van der Waals surface area (Å²) in [6.45, 7) is 0.147. The molecule has 0 atom stereocenters. The Morgan fingerprint density at radius 1 is 0.387 bits per heavy atom. The van der Waals surface area contributed by atoms with Crippen LogP contribution < -0.4 is 0 Å². The van der Waals surface area contributed by atoms with E-state index >= 15 is 0 Å². The highest BCUT2D eigenvalue weighted by atomic mass is 32.2. The number of alkyl halides is 13. The minimum absolute atomic E-state index is 0.00649. The minimum Gasteiger partial charge on any atom is -0.466 e. The molecule has 0 aliphatic carbocycles. The van der Waals surface area contributed by atoms with Gasteiger partial charge < -0.3 is 18.9 Å². The molecular formula is C42H63F13O16S4. The smallest absolute Gasteiger partial charge is 0.466 e. The van der Waals surface area contributed by atoms with Crippen molar-refractivity contribution in [3.8, 4) is 0 Å². The second-order valence-corrected chi connectivity index (χ2v) is 27.9. The van der Waals surface area contributed by atoms with E-state index in [0.717, 1.165) is 0 Å². The van der Waals surface area contributed by atoms with Gasteiger partial charge >= 0.3 is 42.4 Å². The summed E-state index contributed by atoms with van der Waals surface area (Å²) in [6, 6.07) is 0. The maximum Gasteiger partial charge on any atom is 0.490 e. The average Bonchev–Trinajstić information content (AvgIpc) is 3.21. The fraction of sp³-hybridized carbons (Fsp3) is 0.905. The van der Waals surface area contributed by atoms with Crippen LogP contribution in [0.1, 0.15) is 110 Å². The number of hydrogen-bond donors (Lipinski definition) is 0. The molecule has 0 bridgehead atoms. The van der Waals surface area contributed by atoms with Gasteiger partial charge in [0.05, 0.1) is 72.5 Å². The zero-order valence-electron chi connectivity index (χ0n) is 40.7. The molecule has 0 spiro atoms. The molecule has 4 aliphatic heterocycles. The van der Waals surface area contributed by atoms with E-state index in [1.54, 1.807) is 0 Å². The standard InChI is InChI=1S/C12H17F5O4S.C11H18F2O4S.C10H15F3O4S.C9H13F3O4S/c13-11(14,8-12(15,16)17)7-10(18)21-4-1-9-2-5-22(19,20)6-3-9;1-11(12,13)8-10(14)17-5-2-9-3-6-18(15,16)7-4-9;11-10(12,13)7-9(14)17-4-1-8-2-5-18(15,16)6-3-8;10-9(11,12)8(13)16-4-1-7-2-5-17(14,15)6-3-7/h9H,1-8H2;9H,2-8H2,1H3;8H,1-7H2;7H,1-6H2. The highest BCUT2D eigenvalue weighted by Crippen LogP contribution is 2.34. The monoisotopic (exact) mass is 1200 g/mol. The third kappa shape index (κ3) is 36.5. The first-order valence-corrected chi connectivity index (χ1v) is 30.7.